The Morgan fingerprint density at radius 3 is 2.71 bits per heavy atom. The Labute approximate surface area is 157 Å². The lowest BCUT2D eigenvalue weighted by atomic mass is 9.97. The van der Waals surface area contributed by atoms with Crippen LogP contribution in [0, 0.1) is 5.92 Å². The van der Waals surface area contributed by atoms with E-state index in [4.69, 9.17) is 0 Å². The number of allylic oxidation sites excluding steroid dienone is 1. The summed E-state index contributed by atoms with van der Waals surface area (Å²) in [6.45, 7) is 6.96. The van der Waals surface area contributed by atoms with E-state index in [2.05, 4.69) is 17.2 Å². The van der Waals surface area contributed by atoms with Gasteiger partial charge in [-0.2, -0.15) is 0 Å². The second kappa shape index (κ2) is 12.6. The number of rotatable bonds is 7. The van der Waals surface area contributed by atoms with Crippen molar-refractivity contribution in [3.05, 3.63) is 12.7 Å². The average molecular weight is 380 g/mol. The molecule has 2 amide bonds. The van der Waals surface area contributed by atoms with E-state index >= 15 is 0 Å². The number of hydrogen-bond donors (Lipinski definition) is 2. The van der Waals surface area contributed by atoms with Gasteiger partial charge < -0.3 is 15.5 Å². The van der Waals surface area contributed by atoms with Crippen molar-refractivity contribution in [2.45, 2.75) is 51.0 Å². The third-order valence-corrected chi connectivity index (χ3v) is 4.61. The van der Waals surface area contributed by atoms with E-state index in [0.29, 0.717) is 18.9 Å². The minimum absolute atomic E-state index is 0. The van der Waals surface area contributed by atoms with E-state index in [1.807, 2.05) is 11.0 Å². The predicted octanol–water partition coefficient (Wildman–Crippen LogP) is 2.29. The fourth-order valence-electron chi connectivity index (χ4n) is 3.29. The largest absolute Gasteiger partial charge is 0.354 e. The van der Waals surface area contributed by atoms with Crippen LogP contribution in [-0.2, 0) is 9.59 Å². The maximum absolute atomic E-state index is 12.2. The Kier molecular flexibility index (Phi) is 12.2. The fourth-order valence-corrected chi connectivity index (χ4v) is 3.29. The van der Waals surface area contributed by atoms with Gasteiger partial charge in [0.25, 0.3) is 0 Å². The smallest absolute Gasteiger partial charge is 0.237 e. The minimum atomic E-state index is -0.0137. The summed E-state index contributed by atoms with van der Waals surface area (Å²) in [6, 6.07) is -0.0137. The zero-order chi connectivity index (χ0) is 15.8. The summed E-state index contributed by atoms with van der Waals surface area (Å²) >= 11 is 0. The molecule has 0 aromatic rings. The van der Waals surface area contributed by atoms with Crippen LogP contribution in [0.2, 0.25) is 0 Å². The quantitative estimate of drug-likeness (QED) is 0.526. The first-order valence-electron chi connectivity index (χ1n) is 8.60. The molecule has 2 N–H and O–H groups in total. The molecule has 2 aliphatic rings. The normalized spacial score (nSPS) is 22.9. The lowest BCUT2D eigenvalue weighted by molar-refractivity contribution is -0.133. The molecule has 2 aliphatic heterocycles. The number of nitrogens with zero attached hydrogens (tertiary/aromatic N) is 1. The molecule has 2 fully saturated rings. The summed E-state index contributed by atoms with van der Waals surface area (Å²) in [5, 5.41) is 6.27. The minimum Gasteiger partial charge on any atom is -0.354 e. The maximum atomic E-state index is 12.2. The Bertz CT molecular complexity index is 401. The van der Waals surface area contributed by atoms with Gasteiger partial charge in [-0.1, -0.05) is 6.08 Å². The fraction of sp³-hybridized carbons (Fsp3) is 0.765. The lowest BCUT2D eigenvalue weighted by Gasteiger charge is -2.33. The molecule has 5 nitrogen and oxygen atoms in total. The number of nitrogens with one attached hydrogen (secondary N) is 2. The highest BCUT2D eigenvalue weighted by molar-refractivity contribution is 5.85. The van der Waals surface area contributed by atoms with Gasteiger partial charge in [-0.05, 0) is 51.0 Å². The van der Waals surface area contributed by atoms with Crippen molar-refractivity contribution in [3.63, 3.8) is 0 Å². The van der Waals surface area contributed by atoms with Gasteiger partial charge in [0, 0.05) is 26.1 Å². The van der Waals surface area contributed by atoms with Crippen LogP contribution in [0.5, 0.6) is 0 Å². The number of piperidine rings is 1. The van der Waals surface area contributed by atoms with Crippen molar-refractivity contribution in [2.24, 2.45) is 5.92 Å². The Balaban J connectivity index is 0.00000264. The van der Waals surface area contributed by atoms with Crippen molar-refractivity contribution in [1.29, 1.82) is 0 Å². The first-order valence-corrected chi connectivity index (χ1v) is 8.60. The molecule has 0 spiro atoms. The molecular formula is C17H31Cl2N3O2. The van der Waals surface area contributed by atoms with Gasteiger partial charge in [-0.3, -0.25) is 9.59 Å². The van der Waals surface area contributed by atoms with E-state index in [0.717, 1.165) is 58.2 Å². The summed E-state index contributed by atoms with van der Waals surface area (Å²) in [6.07, 6.45) is 8.39. The summed E-state index contributed by atoms with van der Waals surface area (Å²) in [5.74, 6) is 0.754. The van der Waals surface area contributed by atoms with Crippen LogP contribution >= 0.6 is 24.8 Å². The number of halogens is 2. The van der Waals surface area contributed by atoms with Gasteiger partial charge in [-0.15, -0.1) is 31.4 Å². The first-order chi connectivity index (χ1) is 10.7. The topological polar surface area (TPSA) is 61.4 Å². The monoisotopic (exact) mass is 379 g/mol. The van der Waals surface area contributed by atoms with Gasteiger partial charge in [0.1, 0.15) is 0 Å². The van der Waals surface area contributed by atoms with Crippen molar-refractivity contribution >= 4 is 36.6 Å². The van der Waals surface area contributed by atoms with E-state index in [1.54, 1.807) is 0 Å². The Morgan fingerprint density at radius 1 is 1.25 bits per heavy atom. The molecule has 0 aliphatic carbocycles. The average Bonchev–Trinajstić information content (AvgIpc) is 3.07. The molecule has 0 radical (unpaired) electrons. The molecule has 2 heterocycles. The van der Waals surface area contributed by atoms with E-state index in [1.165, 1.54) is 0 Å². The Hall–Kier alpha value is -0.780. The van der Waals surface area contributed by atoms with Crippen LogP contribution in [0.4, 0.5) is 0 Å². The third kappa shape index (κ3) is 7.41. The van der Waals surface area contributed by atoms with E-state index < -0.39 is 0 Å². The number of carbonyl (C=O) groups is 2. The summed E-state index contributed by atoms with van der Waals surface area (Å²) in [7, 11) is 0. The highest BCUT2D eigenvalue weighted by atomic mass is 35.5. The molecule has 24 heavy (non-hydrogen) atoms. The van der Waals surface area contributed by atoms with Crippen LogP contribution in [0.25, 0.3) is 0 Å². The molecule has 2 rings (SSSR count). The number of likely N-dealkylation sites (tertiary alicyclic amines) is 1. The molecule has 0 bridgehead atoms. The van der Waals surface area contributed by atoms with Crippen LogP contribution in [-0.4, -0.2) is 48.9 Å². The highest BCUT2D eigenvalue weighted by Crippen LogP contribution is 2.17. The molecule has 7 heteroatoms. The molecule has 2 atom stereocenters. The zero-order valence-corrected chi connectivity index (χ0v) is 15.9. The van der Waals surface area contributed by atoms with E-state index in [9.17, 15) is 9.59 Å². The number of hydrogen-bond acceptors (Lipinski definition) is 3. The molecular weight excluding hydrogens is 349 g/mol. The number of carbonyl (C=O) groups excluding carboxylic acids is 2. The Morgan fingerprint density at radius 2 is 2.04 bits per heavy atom. The zero-order valence-electron chi connectivity index (χ0n) is 14.3. The molecule has 140 valence electrons. The highest BCUT2D eigenvalue weighted by Gasteiger charge is 2.26. The van der Waals surface area contributed by atoms with Crippen LogP contribution < -0.4 is 10.6 Å². The number of unbranched alkanes of at least 4 members (excludes halogenated alkanes) is 1. The standard InChI is InChI=1S/C17H29N3O2.2ClH/c1-2-3-4-9-16(21)20-11-6-7-14(13-20)12-19-17(22)15-8-5-10-18-15;;/h2,14-15,18H,1,3-13H2,(H,19,22);2*1H. The molecule has 0 saturated carbocycles. The second-order valence-electron chi connectivity index (χ2n) is 6.42. The van der Waals surface area contributed by atoms with E-state index in [-0.39, 0.29) is 42.7 Å². The van der Waals surface area contributed by atoms with Gasteiger partial charge in [0.2, 0.25) is 11.8 Å². The maximum Gasteiger partial charge on any atom is 0.237 e. The van der Waals surface area contributed by atoms with Crippen molar-refractivity contribution < 1.29 is 9.59 Å². The second-order valence-corrected chi connectivity index (χ2v) is 6.42. The van der Waals surface area contributed by atoms with Gasteiger partial charge in [0.05, 0.1) is 6.04 Å². The SMILES string of the molecule is C=CCCCC(=O)N1CCCC(CNC(=O)C2CCCN2)C1.Cl.Cl. The first kappa shape index (κ1) is 23.2. The summed E-state index contributed by atoms with van der Waals surface area (Å²) < 4.78 is 0. The van der Waals surface area contributed by atoms with Gasteiger partial charge in [-0.25, -0.2) is 0 Å². The lowest BCUT2D eigenvalue weighted by Crippen LogP contribution is -2.46. The molecule has 2 unspecified atom stereocenters. The van der Waals surface area contributed by atoms with Crippen molar-refractivity contribution in [1.82, 2.24) is 15.5 Å². The van der Waals surface area contributed by atoms with Crippen molar-refractivity contribution in [3.8, 4) is 0 Å². The van der Waals surface area contributed by atoms with Crippen molar-refractivity contribution in [2.75, 3.05) is 26.2 Å². The summed E-state index contributed by atoms with van der Waals surface area (Å²) in [4.78, 5) is 26.1. The van der Waals surface area contributed by atoms with Gasteiger partial charge in [0.15, 0.2) is 0 Å². The van der Waals surface area contributed by atoms with Crippen LogP contribution in [0.3, 0.4) is 0 Å². The third-order valence-electron chi connectivity index (χ3n) is 4.61. The van der Waals surface area contributed by atoms with Gasteiger partial charge >= 0.3 is 0 Å². The predicted molar refractivity (Wildman–Crippen MR) is 102 cm³/mol. The van der Waals surface area contributed by atoms with Crippen LogP contribution in [0.15, 0.2) is 12.7 Å². The summed E-state index contributed by atoms with van der Waals surface area (Å²) in [5.41, 5.74) is 0. The molecule has 2 saturated heterocycles. The number of amides is 2. The molecule has 0 aromatic heterocycles. The molecule has 0 aromatic carbocycles. The van der Waals surface area contributed by atoms with Crippen LogP contribution in [0.1, 0.15) is 44.9 Å².